The second-order valence-electron chi connectivity index (χ2n) is 9.49. The molecular formula is C23H29BClN5O2. The van der Waals surface area contributed by atoms with E-state index in [9.17, 15) is 0 Å². The van der Waals surface area contributed by atoms with Crippen molar-refractivity contribution in [3.63, 3.8) is 0 Å². The number of hydrogen-bond acceptors (Lipinski definition) is 6. The molecule has 0 radical (unpaired) electrons. The first-order chi connectivity index (χ1) is 14.9. The Morgan fingerprint density at radius 2 is 1.78 bits per heavy atom. The van der Waals surface area contributed by atoms with Gasteiger partial charge in [-0.3, -0.25) is 15.7 Å². The van der Waals surface area contributed by atoms with Crippen molar-refractivity contribution in [2.45, 2.75) is 52.7 Å². The van der Waals surface area contributed by atoms with E-state index in [0.29, 0.717) is 17.4 Å². The summed E-state index contributed by atoms with van der Waals surface area (Å²) < 4.78 is 12.5. The van der Waals surface area contributed by atoms with Crippen LogP contribution in [0.1, 0.15) is 41.5 Å². The highest BCUT2D eigenvalue weighted by Crippen LogP contribution is 2.40. The Bertz CT molecular complexity index is 1060. The topological polar surface area (TPSA) is 85.5 Å². The number of benzene rings is 1. The van der Waals surface area contributed by atoms with E-state index < -0.39 is 18.3 Å². The second-order valence-corrected chi connectivity index (χ2v) is 9.93. The predicted molar refractivity (Wildman–Crippen MR) is 131 cm³/mol. The number of nitrogens with one attached hydrogen (secondary N) is 2. The molecule has 168 valence electrons. The minimum atomic E-state index is -0.514. The van der Waals surface area contributed by atoms with Crippen molar-refractivity contribution in [3.8, 4) is 0 Å². The second kappa shape index (κ2) is 7.87. The number of hydrogen-bond donors (Lipinski definition) is 2. The van der Waals surface area contributed by atoms with Crippen molar-refractivity contribution in [1.82, 2.24) is 4.98 Å². The summed E-state index contributed by atoms with van der Waals surface area (Å²) in [5.74, 6) is 1.27. The average molecular weight is 454 g/mol. The number of rotatable bonds is 2. The van der Waals surface area contributed by atoms with Crippen LogP contribution in [0.5, 0.6) is 0 Å². The van der Waals surface area contributed by atoms with Crippen molar-refractivity contribution in [1.29, 1.82) is 10.8 Å². The largest absolute Gasteiger partial charge is 0.494 e. The molecule has 0 bridgehead atoms. The molecule has 32 heavy (non-hydrogen) atoms. The van der Waals surface area contributed by atoms with E-state index in [4.69, 9.17) is 31.7 Å². The molecular weight excluding hydrogens is 425 g/mol. The molecule has 0 aliphatic carbocycles. The van der Waals surface area contributed by atoms with Gasteiger partial charge >= 0.3 is 7.12 Å². The van der Waals surface area contributed by atoms with Crippen LogP contribution in [0, 0.1) is 16.7 Å². The average Bonchev–Trinajstić information content (AvgIpc) is 2.86. The highest BCUT2D eigenvalue weighted by atomic mass is 35.5. The summed E-state index contributed by atoms with van der Waals surface area (Å²) in [7, 11) is -0.514. The summed E-state index contributed by atoms with van der Waals surface area (Å²) in [6.07, 6.45) is 1.62. The zero-order valence-corrected chi connectivity index (χ0v) is 20.1. The van der Waals surface area contributed by atoms with Crippen LogP contribution in [0.4, 0.5) is 17.2 Å². The van der Waals surface area contributed by atoms with Gasteiger partial charge in [0.1, 0.15) is 17.5 Å². The third-order valence-corrected chi connectivity index (χ3v) is 6.77. The maximum absolute atomic E-state index is 8.73. The van der Waals surface area contributed by atoms with Gasteiger partial charge in [0.15, 0.2) is 0 Å². The molecule has 1 aromatic heterocycles. The molecule has 0 spiro atoms. The molecule has 1 fully saturated rings. The Morgan fingerprint density at radius 1 is 1.12 bits per heavy atom. The fraction of sp³-hybridized carbons (Fsp3) is 0.435. The third kappa shape index (κ3) is 3.80. The van der Waals surface area contributed by atoms with E-state index in [0.717, 1.165) is 22.7 Å². The van der Waals surface area contributed by atoms with Crippen molar-refractivity contribution < 1.29 is 9.31 Å². The van der Waals surface area contributed by atoms with E-state index in [1.54, 1.807) is 18.0 Å². The molecule has 2 aromatic rings. The van der Waals surface area contributed by atoms with Crippen LogP contribution in [0.15, 0.2) is 36.5 Å². The smallest absolute Gasteiger partial charge is 0.399 e. The van der Waals surface area contributed by atoms with Crippen LogP contribution in [0.2, 0.25) is 5.02 Å². The van der Waals surface area contributed by atoms with Crippen molar-refractivity contribution in [2.75, 3.05) is 16.3 Å². The van der Waals surface area contributed by atoms with Crippen LogP contribution in [-0.2, 0) is 9.31 Å². The number of anilines is 3. The van der Waals surface area contributed by atoms with Gasteiger partial charge in [0.25, 0.3) is 0 Å². The van der Waals surface area contributed by atoms with Gasteiger partial charge in [-0.05, 0) is 64.3 Å². The fourth-order valence-electron chi connectivity index (χ4n) is 3.99. The zero-order chi connectivity index (χ0) is 23.4. The minimum absolute atomic E-state index is 0.125. The highest BCUT2D eigenvalue weighted by Gasteiger charge is 2.52. The van der Waals surface area contributed by atoms with E-state index in [1.807, 2.05) is 65.0 Å². The number of aromatic nitrogens is 1. The SMILES string of the molecule is CC(=N)N1C(=N)[C@H](C)CN(c2ccc(Cl)cn2)c2cc(B3OC(C)(C)C(C)(C)O3)ccc21. The summed E-state index contributed by atoms with van der Waals surface area (Å²) >= 11 is 6.08. The zero-order valence-electron chi connectivity index (χ0n) is 19.4. The van der Waals surface area contributed by atoms with Crippen molar-refractivity contribution in [2.24, 2.45) is 5.92 Å². The number of fused-ring (bicyclic) bond motifs is 1. The summed E-state index contributed by atoms with van der Waals surface area (Å²) in [5.41, 5.74) is 1.58. The first-order valence-corrected chi connectivity index (χ1v) is 11.1. The van der Waals surface area contributed by atoms with Gasteiger partial charge in [-0.2, -0.15) is 0 Å². The molecule has 1 aromatic carbocycles. The Kier molecular flexibility index (Phi) is 5.60. The van der Waals surface area contributed by atoms with Crippen LogP contribution in [0.25, 0.3) is 0 Å². The van der Waals surface area contributed by atoms with Gasteiger partial charge in [0, 0.05) is 18.7 Å². The molecule has 0 amide bonds. The molecule has 1 saturated heterocycles. The van der Waals surface area contributed by atoms with E-state index in [2.05, 4.69) is 9.88 Å². The van der Waals surface area contributed by atoms with Gasteiger partial charge in [-0.15, -0.1) is 0 Å². The first kappa shape index (κ1) is 22.8. The Hall–Kier alpha value is -2.42. The summed E-state index contributed by atoms with van der Waals surface area (Å²) in [5, 5.41) is 17.6. The van der Waals surface area contributed by atoms with Gasteiger partial charge in [-0.25, -0.2) is 4.98 Å². The Morgan fingerprint density at radius 3 is 2.34 bits per heavy atom. The number of amidine groups is 2. The van der Waals surface area contributed by atoms with Crippen molar-refractivity contribution in [3.05, 3.63) is 41.6 Å². The summed E-state index contributed by atoms with van der Waals surface area (Å²) in [6, 6.07) is 9.59. The predicted octanol–water partition coefficient (Wildman–Crippen LogP) is 4.60. The fourth-order valence-corrected chi connectivity index (χ4v) is 4.10. The van der Waals surface area contributed by atoms with Gasteiger partial charge in [0.2, 0.25) is 0 Å². The van der Waals surface area contributed by atoms with Crippen LogP contribution >= 0.6 is 11.6 Å². The normalized spacial score (nSPS) is 22.0. The lowest BCUT2D eigenvalue weighted by Crippen LogP contribution is -2.41. The molecule has 1 atom stereocenters. The molecule has 3 heterocycles. The highest BCUT2D eigenvalue weighted by molar-refractivity contribution is 6.62. The maximum atomic E-state index is 8.73. The maximum Gasteiger partial charge on any atom is 0.494 e. The van der Waals surface area contributed by atoms with Crippen LogP contribution in [0.3, 0.4) is 0 Å². The monoisotopic (exact) mass is 453 g/mol. The lowest BCUT2D eigenvalue weighted by molar-refractivity contribution is 0.00578. The van der Waals surface area contributed by atoms with Crippen LogP contribution < -0.4 is 15.3 Å². The standard InChI is InChI=1S/C23H29BClN5O2/c1-14-13-29(20-10-8-17(25)12-28-20)19-11-16(24-31-22(3,4)23(5,6)32-24)7-9-18(19)30(15(2)26)21(14)27/h7-12,14,26-27H,13H2,1-6H3/t14-/m1/s1. The van der Waals surface area contributed by atoms with E-state index in [-0.39, 0.29) is 11.8 Å². The van der Waals surface area contributed by atoms with Gasteiger partial charge in [0.05, 0.1) is 27.6 Å². The lowest BCUT2D eigenvalue weighted by atomic mass is 9.78. The number of nitrogens with zero attached hydrogens (tertiary/aromatic N) is 3. The molecule has 2 aliphatic rings. The third-order valence-electron chi connectivity index (χ3n) is 6.54. The molecule has 2 aliphatic heterocycles. The quantitative estimate of drug-likeness (QED) is 0.394. The molecule has 2 N–H and O–H groups in total. The molecule has 7 nitrogen and oxygen atoms in total. The van der Waals surface area contributed by atoms with Crippen molar-refractivity contribution >= 4 is 53.0 Å². The summed E-state index contributed by atoms with van der Waals surface area (Å²) in [6.45, 7) is 12.4. The first-order valence-electron chi connectivity index (χ1n) is 10.7. The van der Waals surface area contributed by atoms with E-state index in [1.165, 1.54) is 0 Å². The minimum Gasteiger partial charge on any atom is -0.399 e. The van der Waals surface area contributed by atoms with Gasteiger partial charge in [-0.1, -0.05) is 24.6 Å². The molecule has 4 rings (SSSR count). The Labute approximate surface area is 194 Å². The van der Waals surface area contributed by atoms with Crippen LogP contribution in [-0.4, -0.2) is 41.5 Å². The molecule has 0 unspecified atom stereocenters. The molecule has 9 heteroatoms. The lowest BCUT2D eigenvalue weighted by Gasteiger charge is -2.32. The Balaban J connectivity index is 1.86. The number of halogens is 1. The van der Waals surface area contributed by atoms with E-state index >= 15 is 0 Å². The molecule has 0 saturated carbocycles. The van der Waals surface area contributed by atoms with Gasteiger partial charge < -0.3 is 14.2 Å². The number of pyridine rings is 1. The summed E-state index contributed by atoms with van der Waals surface area (Å²) in [4.78, 5) is 8.29.